The van der Waals surface area contributed by atoms with Gasteiger partial charge in [0, 0.05) is 10.6 Å². The van der Waals surface area contributed by atoms with Gasteiger partial charge >= 0.3 is 0 Å². The molecule has 0 bridgehead atoms. The minimum Gasteiger partial charge on any atom is -0.385 e. The first-order chi connectivity index (χ1) is 6.66. The summed E-state index contributed by atoms with van der Waals surface area (Å²) >= 11 is 6.07. The van der Waals surface area contributed by atoms with Crippen LogP contribution in [0.3, 0.4) is 0 Å². The van der Waals surface area contributed by atoms with Crippen molar-refractivity contribution in [2.75, 3.05) is 6.61 Å². The Morgan fingerprint density at radius 2 is 2.36 bits per heavy atom. The van der Waals surface area contributed by atoms with Crippen LogP contribution >= 0.6 is 11.6 Å². The van der Waals surface area contributed by atoms with E-state index in [4.69, 9.17) is 22.1 Å². The Hall–Kier alpha value is -1.06. The van der Waals surface area contributed by atoms with Gasteiger partial charge in [0.2, 0.25) is 0 Å². The topological polar surface area (TPSA) is 47.6 Å². The summed E-state index contributed by atoms with van der Waals surface area (Å²) in [6, 6.07) is 5.79. The van der Waals surface area contributed by atoms with E-state index in [0.717, 1.165) is 11.1 Å². The molecule has 0 spiro atoms. The molecule has 3 nitrogen and oxygen atoms in total. The van der Waals surface area contributed by atoms with Crippen LogP contribution in [0.5, 0.6) is 0 Å². The Labute approximate surface area is 87.5 Å². The largest absolute Gasteiger partial charge is 0.385 e. The van der Waals surface area contributed by atoms with Crippen LogP contribution in [0.25, 0.3) is 0 Å². The summed E-state index contributed by atoms with van der Waals surface area (Å²) in [5, 5.41) is 0.674. The zero-order valence-corrected chi connectivity index (χ0v) is 8.58. The normalized spacial score (nSPS) is 21.0. The van der Waals surface area contributed by atoms with E-state index in [9.17, 15) is 0 Å². The van der Waals surface area contributed by atoms with Crippen molar-refractivity contribution in [3.8, 4) is 0 Å². The number of amidine groups is 1. The van der Waals surface area contributed by atoms with Crippen LogP contribution in [-0.2, 0) is 4.74 Å². The van der Waals surface area contributed by atoms with E-state index in [-0.39, 0.29) is 6.23 Å². The molecule has 1 aliphatic heterocycles. The standard InChI is InChI=1S/C10H11ClN2O/c1-6-2-3-7(8(11)4-6)10-13-9(12)5-14-10/h2-4,10H,5H2,1H3,(H2,12,13). The maximum atomic E-state index is 6.07. The SMILES string of the molecule is Cc1ccc(C2N=C(N)CO2)c(Cl)c1. The Bertz CT molecular complexity index is 390. The highest BCUT2D eigenvalue weighted by molar-refractivity contribution is 6.31. The maximum absolute atomic E-state index is 6.07. The second kappa shape index (κ2) is 3.59. The van der Waals surface area contributed by atoms with Gasteiger partial charge < -0.3 is 10.5 Å². The predicted molar refractivity (Wildman–Crippen MR) is 56.5 cm³/mol. The molecule has 0 saturated carbocycles. The van der Waals surface area contributed by atoms with Crippen LogP contribution in [0.2, 0.25) is 5.02 Å². The number of hydrogen-bond acceptors (Lipinski definition) is 3. The molecule has 14 heavy (non-hydrogen) atoms. The van der Waals surface area contributed by atoms with Crippen molar-refractivity contribution >= 4 is 17.4 Å². The molecule has 4 heteroatoms. The molecular weight excluding hydrogens is 200 g/mol. The number of nitrogens with two attached hydrogens (primary N) is 1. The zero-order chi connectivity index (χ0) is 10.1. The van der Waals surface area contributed by atoms with E-state index in [2.05, 4.69) is 4.99 Å². The number of benzene rings is 1. The Morgan fingerprint density at radius 1 is 1.57 bits per heavy atom. The molecule has 1 aliphatic rings. The number of halogens is 1. The van der Waals surface area contributed by atoms with Gasteiger partial charge in [-0.25, -0.2) is 4.99 Å². The Morgan fingerprint density at radius 3 is 2.93 bits per heavy atom. The number of hydrogen-bond donors (Lipinski definition) is 1. The molecule has 1 atom stereocenters. The summed E-state index contributed by atoms with van der Waals surface area (Å²) in [6.07, 6.45) is -0.330. The molecule has 0 saturated heterocycles. The third-order valence-corrected chi connectivity index (χ3v) is 2.42. The summed E-state index contributed by atoms with van der Waals surface area (Å²) in [5.41, 5.74) is 7.52. The number of rotatable bonds is 1. The first kappa shape index (κ1) is 9.49. The average molecular weight is 211 g/mol. The fourth-order valence-electron chi connectivity index (χ4n) is 1.38. The van der Waals surface area contributed by atoms with E-state index in [1.54, 1.807) is 0 Å². The van der Waals surface area contributed by atoms with Crippen LogP contribution in [0, 0.1) is 6.92 Å². The summed E-state index contributed by atoms with van der Waals surface area (Å²) < 4.78 is 5.36. The molecule has 0 aliphatic carbocycles. The second-order valence-electron chi connectivity index (χ2n) is 3.31. The maximum Gasteiger partial charge on any atom is 0.178 e. The summed E-state index contributed by atoms with van der Waals surface area (Å²) in [7, 11) is 0. The summed E-state index contributed by atoms with van der Waals surface area (Å²) in [5.74, 6) is 0.520. The third-order valence-electron chi connectivity index (χ3n) is 2.09. The van der Waals surface area contributed by atoms with Gasteiger partial charge in [0.25, 0.3) is 0 Å². The summed E-state index contributed by atoms with van der Waals surface area (Å²) in [6.45, 7) is 2.37. The average Bonchev–Trinajstić information content (AvgIpc) is 2.51. The Kier molecular flexibility index (Phi) is 2.44. The first-order valence-electron chi connectivity index (χ1n) is 4.36. The van der Waals surface area contributed by atoms with Gasteiger partial charge in [0.15, 0.2) is 6.23 Å². The van der Waals surface area contributed by atoms with Crippen LogP contribution < -0.4 is 5.73 Å². The van der Waals surface area contributed by atoms with E-state index in [0.29, 0.717) is 17.5 Å². The molecule has 0 aromatic heterocycles. The molecule has 74 valence electrons. The number of nitrogens with zero attached hydrogens (tertiary/aromatic N) is 1. The number of aliphatic imine (C=N–C) groups is 1. The fourth-order valence-corrected chi connectivity index (χ4v) is 1.71. The second-order valence-corrected chi connectivity index (χ2v) is 3.72. The highest BCUT2D eigenvalue weighted by Crippen LogP contribution is 2.29. The van der Waals surface area contributed by atoms with E-state index in [1.807, 2.05) is 25.1 Å². The highest BCUT2D eigenvalue weighted by atomic mass is 35.5. The lowest BCUT2D eigenvalue weighted by Gasteiger charge is -2.09. The van der Waals surface area contributed by atoms with Gasteiger partial charge in [0.05, 0.1) is 0 Å². The van der Waals surface area contributed by atoms with Gasteiger partial charge in [0.1, 0.15) is 12.4 Å². The van der Waals surface area contributed by atoms with Crippen molar-refractivity contribution < 1.29 is 4.74 Å². The number of aryl methyl sites for hydroxylation is 1. The van der Waals surface area contributed by atoms with E-state index in [1.165, 1.54) is 0 Å². The predicted octanol–water partition coefficient (Wildman–Crippen LogP) is 2.03. The van der Waals surface area contributed by atoms with Crippen molar-refractivity contribution in [1.29, 1.82) is 0 Å². The molecule has 2 N–H and O–H groups in total. The molecule has 1 aromatic rings. The van der Waals surface area contributed by atoms with Gasteiger partial charge in [-0.3, -0.25) is 0 Å². The number of ether oxygens (including phenoxy) is 1. The minimum absolute atomic E-state index is 0.330. The van der Waals surface area contributed by atoms with Gasteiger partial charge in [-0.05, 0) is 18.6 Å². The third kappa shape index (κ3) is 1.74. The van der Waals surface area contributed by atoms with Crippen molar-refractivity contribution in [1.82, 2.24) is 0 Å². The lowest BCUT2D eigenvalue weighted by Crippen LogP contribution is -2.11. The van der Waals surface area contributed by atoms with Crippen LogP contribution in [-0.4, -0.2) is 12.4 Å². The smallest absolute Gasteiger partial charge is 0.178 e. The van der Waals surface area contributed by atoms with Crippen molar-refractivity contribution in [3.05, 3.63) is 34.3 Å². The van der Waals surface area contributed by atoms with E-state index >= 15 is 0 Å². The quantitative estimate of drug-likeness (QED) is 0.771. The minimum atomic E-state index is -0.330. The highest BCUT2D eigenvalue weighted by Gasteiger charge is 2.19. The molecule has 2 rings (SSSR count). The lowest BCUT2D eigenvalue weighted by molar-refractivity contribution is 0.110. The molecule has 1 unspecified atom stereocenters. The molecule has 1 heterocycles. The molecule has 0 fully saturated rings. The van der Waals surface area contributed by atoms with E-state index < -0.39 is 0 Å². The molecule has 0 amide bonds. The van der Waals surface area contributed by atoms with Crippen molar-refractivity contribution in [2.45, 2.75) is 13.2 Å². The van der Waals surface area contributed by atoms with Gasteiger partial charge in [-0.2, -0.15) is 0 Å². The van der Waals surface area contributed by atoms with Gasteiger partial charge in [-0.1, -0.05) is 23.7 Å². The summed E-state index contributed by atoms with van der Waals surface area (Å²) in [4.78, 5) is 4.14. The van der Waals surface area contributed by atoms with Crippen molar-refractivity contribution in [3.63, 3.8) is 0 Å². The fraction of sp³-hybridized carbons (Fsp3) is 0.300. The molecule has 0 radical (unpaired) electrons. The zero-order valence-electron chi connectivity index (χ0n) is 7.83. The molecular formula is C10H11ClN2O. The first-order valence-corrected chi connectivity index (χ1v) is 4.74. The van der Waals surface area contributed by atoms with Gasteiger partial charge in [-0.15, -0.1) is 0 Å². The van der Waals surface area contributed by atoms with Crippen molar-refractivity contribution in [2.24, 2.45) is 10.7 Å². The van der Waals surface area contributed by atoms with Crippen LogP contribution in [0.4, 0.5) is 0 Å². The van der Waals surface area contributed by atoms with Crippen LogP contribution in [0.1, 0.15) is 17.4 Å². The molecule has 1 aromatic carbocycles. The monoisotopic (exact) mass is 210 g/mol. The lowest BCUT2D eigenvalue weighted by atomic mass is 10.1. The van der Waals surface area contributed by atoms with Crippen LogP contribution in [0.15, 0.2) is 23.2 Å². The Balaban J connectivity index is 2.33.